The first-order valence-electron chi connectivity index (χ1n) is 4.68. The van der Waals surface area contributed by atoms with Crippen LogP contribution in [-0.2, 0) is 4.79 Å². The van der Waals surface area contributed by atoms with Crippen LogP contribution in [-0.4, -0.2) is 37.0 Å². The van der Waals surface area contributed by atoms with Crippen molar-refractivity contribution >= 4 is 5.91 Å². The minimum Gasteiger partial charge on any atom is -0.465 e. The second kappa shape index (κ2) is 4.45. The predicted octanol–water partition coefficient (Wildman–Crippen LogP) is -0.695. The number of hydrogen-bond donors (Lipinski definition) is 1. The minimum absolute atomic E-state index is 0.310. The number of piperazine rings is 1. The van der Waals surface area contributed by atoms with Crippen LogP contribution in [0.5, 0.6) is 0 Å². The van der Waals surface area contributed by atoms with Crippen LogP contribution in [0.2, 0.25) is 0 Å². The monoisotopic (exact) mass is 170 g/mol. The van der Waals surface area contributed by atoms with E-state index in [4.69, 9.17) is 0 Å². The Hall–Kier alpha value is -0.570. The quantitative estimate of drug-likeness (QED) is 0.545. The van der Waals surface area contributed by atoms with Gasteiger partial charge in [0.2, 0.25) is 5.91 Å². The third-order valence-electron chi connectivity index (χ3n) is 2.29. The summed E-state index contributed by atoms with van der Waals surface area (Å²) in [6.45, 7) is 5.81. The summed E-state index contributed by atoms with van der Waals surface area (Å²) in [5.74, 6) is 0.310. The minimum atomic E-state index is 0.310. The standard InChI is InChI=1S/C9H18N2O/c1-3-4-9(12)11-7-5-10(2)6-8-11/h10H,2-8H2,1H3. The fraction of sp³-hybridized carbons (Fsp3) is 0.778. The van der Waals surface area contributed by atoms with Crippen molar-refractivity contribution in [1.82, 2.24) is 4.90 Å². The van der Waals surface area contributed by atoms with Crippen molar-refractivity contribution in [3.8, 4) is 0 Å². The smallest absolute Gasteiger partial charge is 0.222 e. The lowest BCUT2D eigenvalue weighted by Crippen LogP contribution is -3.10. The van der Waals surface area contributed by atoms with E-state index in [2.05, 4.69) is 7.05 Å². The van der Waals surface area contributed by atoms with Gasteiger partial charge in [-0.15, -0.1) is 0 Å². The molecule has 1 amide bonds. The summed E-state index contributed by atoms with van der Waals surface area (Å²) < 4.78 is 0. The van der Waals surface area contributed by atoms with Gasteiger partial charge in [0.05, 0.1) is 26.2 Å². The molecule has 0 atom stereocenters. The Morgan fingerprint density at radius 3 is 2.58 bits per heavy atom. The Balaban J connectivity index is 2.29. The van der Waals surface area contributed by atoms with Gasteiger partial charge in [0.1, 0.15) is 0 Å². The van der Waals surface area contributed by atoms with Gasteiger partial charge in [-0.3, -0.25) is 4.79 Å². The van der Waals surface area contributed by atoms with E-state index in [-0.39, 0.29) is 0 Å². The first kappa shape index (κ1) is 9.52. The molecule has 1 aliphatic rings. The SMILES string of the molecule is [CH2-][NH+]1CCN(C(=O)CCC)CC1. The van der Waals surface area contributed by atoms with Gasteiger partial charge in [-0.1, -0.05) is 6.92 Å². The largest absolute Gasteiger partial charge is 0.465 e. The van der Waals surface area contributed by atoms with Crippen molar-refractivity contribution in [1.29, 1.82) is 0 Å². The van der Waals surface area contributed by atoms with E-state index in [0.717, 1.165) is 32.6 Å². The normalized spacial score (nSPS) is 19.7. The molecule has 0 aromatic rings. The lowest BCUT2D eigenvalue weighted by molar-refractivity contribution is -0.858. The summed E-state index contributed by atoms with van der Waals surface area (Å²) in [6, 6.07) is 0. The topological polar surface area (TPSA) is 24.8 Å². The highest BCUT2D eigenvalue weighted by Crippen LogP contribution is 1.97. The number of carbonyl (C=O) groups excluding carboxylic acids is 1. The van der Waals surface area contributed by atoms with E-state index in [1.165, 1.54) is 4.90 Å². The second-order valence-corrected chi connectivity index (χ2v) is 3.38. The molecule has 1 fully saturated rings. The number of carbonyl (C=O) groups is 1. The highest BCUT2D eigenvalue weighted by molar-refractivity contribution is 5.76. The van der Waals surface area contributed by atoms with Crippen molar-refractivity contribution in [3.63, 3.8) is 0 Å². The number of amides is 1. The molecule has 1 rings (SSSR count). The maximum Gasteiger partial charge on any atom is 0.222 e. The molecule has 0 radical (unpaired) electrons. The van der Waals surface area contributed by atoms with E-state index in [0.29, 0.717) is 12.3 Å². The zero-order chi connectivity index (χ0) is 8.97. The Bertz CT molecular complexity index is 151. The summed E-state index contributed by atoms with van der Waals surface area (Å²) in [5, 5.41) is 0. The number of hydrogen-bond acceptors (Lipinski definition) is 1. The molecule has 1 N–H and O–H groups in total. The average Bonchev–Trinajstić information content (AvgIpc) is 2.06. The summed E-state index contributed by atoms with van der Waals surface area (Å²) >= 11 is 0. The van der Waals surface area contributed by atoms with Crippen LogP contribution in [0.4, 0.5) is 0 Å². The van der Waals surface area contributed by atoms with Crippen molar-refractivity contribution in [3.05, 3.63) is 7.05 Å². The molecule has 0 aliphatic carbocycles. The highest BCUT2D eigenvalue weighted by Gasteiger charge is 2.17. The predicted molar refractivity (Wildman–Crippen MR) is 47.5 cm³/mol. The Kier molecular flexibility index (Phi) is 3.53. The first-order chi connectivity index (χ1) is 5.74. The highest BCUT2D eigenvalue weighted by atomic mass is 16.2. The van der Waals surface area contributed by atoms with Gasteiger partial charge in [-0.25, -0.2) is 0 Å². The fourth-order valence-electron chi connectivity index (χ4n) is 1.44. The van der Waals surface area contributed by atoms with E-state index in [9.17, 15) is 4.79 Å². The molecule has 0 aromatic heterocycles. The van der Waals surface area contributed by atoms with Crippen LogP contribution in [0.1, 0.15) is 19.8 Å². The molecule has 0 bridgehead atoms. The molecule has 70 valence electrons. The van der Waals surface area contributed by atoms with Crippen LogP contribution in [0.15, 0.2) is 0 Å². The van der Waals surface area contributed by atoms with Gasteiger partial charge in [0, 0.05) is 6.42 Å². The van der Waals surface area contributed by atoms with Crippen molar-refractivity contribution in [2.75, 3.05) is 26.2 Å². The van der Waals surface area contributed by atoms with Gasteiger partial charge in [0.15, 0.2) is 0 Å². The number of rotatable bonds is 2. The molecule has 0 aromatic carbocycles. The van der Waals surface area contributed by atoms with Gasteiger partial charge in [-0.2, -0.15) is 7.05 Å². The van der Waals surface area contributed by atoms with Gasteiger partial charge < -0.3 is 9.80 Å². The Labute approximate surface area is 74.3 Å². The van der Waals surface area contributed by atoms with Crippen LogP contribution in [0, 0.1) is 7.05 Å². The number of nitrogens with zero attached hydrogens (tertiary/aromatic N) is 1. The summed E-state index contributed by atoms with van der Waals surface area (Å²) in [6.07, 6.45) is 1.66. The van der Waals surface area contributed by atoms with Crippen LogP contribution in [0.25, 0.3) is 0 Å². The summed E-state index contributed by atoms with van der Waals surface area (Å²) in [5.41, 5.74) is 0. The summed E-state index contributed by atoms with van der Waals surface area (Å²) in [7, 11) is 3.92. The Morgan fingerprint density at radius 2 is 2.08 bits per heavy atom. The molecule has 12 heavy (non-hydrogen) atoms. The molecule has 3 heteroatoms. The van der Waals surface area contributed by atoms with E-state index in [1.807, 2.05) is 11.8 Å². The van der Waals surface area contributed by atoms with E-state index >= 15 is 0 Å². The molecule has 1 aliphatic heterocycles. The lowest BCUT2D eigenvalue weighted by atomic mass is 10.2. The molecule has 0 saturated carbocycles. The molecule has 0 spiro atoms. The fourth-order valence-corrected chi connectivity index (χ4v) is 1.44. The zero-order valence-electron chi connectivity index (χ0n) is 7.81. The first-order valence-corrected chi connectivity index (χ1v) is 4.68. The molecular formula is C9H18N2O. The molecule has 3 nitrogen and oxygen atoms in total. The summed E-state index contributed by atoms with van der Waals surface area (Å²) in [4.78, 5) is 14.6. The van der Waals surface area contributed by atoms with Gasteiger partial charge in [0.25, 0.3) is 0 Å². The zero-order valence-corrected chi connectivity index (χ0v) is 7.81. The lowest BCUT2D eigenvalue weighted by Gasteiger charge is -2.33. The van der Waals surface area contributed by atoms with Crippen LogP contribution < -0.4 is 4.90 Å². The molecule has 1 saturated heterocycles. The molecular weight excluding hydrogens is 152 g/mol. The van der Waals surface area contributed by atoms with Gasteiger partial charge in [-0.05, 0) is 6.42 Å². The third-order valence-corrected chi connectivity index (χ3v) is 2.29. The van der Waals surface area contributed by atoms with Crippen LogP contribution in [0.3, 0.4) is 0 Å². The maximum absolute atomic E-state index is 11.4. The second-order valence-electron chi connectivity index (χ2n) is 3.38. The van der Waals surface area contributed by atoms with Crippen LogP contribution >= 0.6 is 0 Å². The van der Waals surface area contributed by atoms with Crippen molar-refractivity contribution in [2.24, 2.45) is 0 Å². The van der Waals surface area contributed by atoms with E-state index in [1.54, 1.807) is 0 Å². The molecule has 0 unspecified atom stereocenters. The van der Waals surface area contributed by atoms with Gasteiger partial charge >= 0.3 is 0 Å². The maximum atomic E-state index is 11.4. The van der Waals surface area contributed by atoms with E-state index < -0.39 is 0 Å². The average molecular weight is 170 g/mol. The Morgan fingerprint density at radius 1 is 1.50 bits per heavy atom. The third kappa shape index (κ3) is 2.48. The molecule has 1 heterocycles. The van der Waals surface area contributed by atoms with Crippen molar-refractivity contribution < 1.29 is 9.69 Å². The number of quaternary nitrogens is 1. The number of nitrogens with one attached hydrogen (secondary N) is 1. The van der Waals surface area contributed by atoms with Crippen molar-refractivity contribution in [2.45, 2.75) is 19.8 Å².